The summed E-state index contributed by atoms with van der Waals surface area (Å²) in [5.74, 6) is 0. The molecule has 0 N–H and O–H groups in total. The number of hydrogen-bond acceptors (Lipinski definition) is 6. The number of nitrogens with zero attached hydrogens (tertiary/aromatic N) is 10. The van der Waals surface area contributed by atoms with Crippen LogP contribution in [0.3, 0.4) is 0 Å². The molecule has 13 heterocycles. The van der Waals surface area contributed by atoms with E-state index in [1.807, 2.05) is 42.6 Å². The smallest absolute Gasteiger partial charge is 0.227 e. The molecule has 0 bridgehead atoms. The highest BCUT2D eigenvalue weighted by Crippen LogP contribution is 2.46. The molecule has 0 unspecified atom stereocenters. The lowest BCUT2D eigenvalue weighted by atomic mass is 10.1. The molecule has 13 aromatic heterocycles. The van der Waals surface area contributed by atoms with E-state index >= 15 is 0 Å². The first-order valence-corrected chi connectivity index (χ1v) is 47.6. The summed E-state index contributed by atoms with van der Waals surface area (Å²) >= 11 is 0. The number of pyridine rings is 3. The normalized spacial score (nSPS) is 12.0. The van der Waals surface area contributed by atoms with Crippen LogP contribution in [0.1, 0.15) is 22.3 Å². The molecule has 660 valence electrons. The molecule has 140 heavy (non-hydrogen) atoms. The van der Waals surface area contributed by atoms with Gasteiger partial charge in [-0.1, -0.05) is 210 Å². The van der Waals surface area contributed by atoms with Gasteiger partial charge in [0.2, 0.25) is 5.71 Å². The van der Waals surface area contributed by atoms with E-state index < -0.39 is 0 Å². The Bertz CT molecular complexity index is 10200. The van der Waals surface area contributed by atoms with Crippen LogP contribution in [-0.4, -0.2) is 46.9 Å². The second kappa shape index (κ2) is 31.5. The monoisotopic (exact) mass is 1800 g/mol. The fraction of sp³-hybridized carbons (Fsp3) is 0.0315. The van der Waals surface area contributed by atoms with Gasteiger partial charge in [0, 0.05) is 150 Å². The van der Waals surface area contributed by atoms with Gasteiger partial charge in [-0.05, 0) is 258 Å². The summed E-state index contributed by atoms with van der Waals surface area (Å²) in [7, 11) is 0. The van der Waals surface area contributed by atoms with Crippen LogP contribution in [0.4, 0.5) is 0 Å². The van der Waals surface area contributed by atoms with Crippen molar-refractivity contribution in [2.45, 2.75) is 27.7 Å². The van der Waals surface area contributed by atoms with Crippen molar-refractivity contribution in [2.24, 2.45) is 0 Å². The van der Waals surface area contributed by atoms with Crippen LogP contribution >= 0.6 is 0 Å². The molecule has 31 rings (SSSR count). The Morgan fingerprint density at radius 2 is 0.443 bits per heavy atom. The third kappa shape index (κ3) is 12.5. The first-order valence-electron chi connectivity index (χ1n) is 47.6. The van der Waals surface area contributed by atoms with Gasteiger partial charge in [0.1, 0.15) is 27.8 Å². The van der Waals surface area contributed by atoms with Crippen molar-refractivity contribution >= 4 is 219 Å². The van der Waals surface area contributed by atoms with Crippen molar-refractivity contribution in [3.8, 4) is 39.8 Å². The Morgan fingerprint density at radius 3 is 0.864 bits per heavy atom. The van der Waals surface area contributed by atoms with Crippen LogP contribution in [0.2, 0.25) is 0 Å². The fourth-order valence-electron chi connectivity index (χ4n) is 22.4. The predicted molar refractivity (Wildman–Crippen MR) is 580 cm³/mol. The number of rotatable bonds is 7. The first kappa shape index (κ1) is 79.9. The molecule has 0 aliphatic carbocycles. The Hall–Kier alpha value is -18.6. The Labute approximate surface area is 800 Å². The molecule has 0 fully saturated rings. The standard InChI is InChI=1S/C37H24N2O.C36H23N3O.C31H22N2.C23H15N3O/c1-23-14-17-34-29(20-23)26-8-2-5-11-32(26)38(34)24-15-18-35-30(21-24)27-9-3-6-12-33(27)39(35)25-16-19-37-31(22-25)28-10-4-7-13-36(28)40-37;1-22-12-15-33-28(19-22)25-7-2-4-10-31(25)38(33)23-13-16-34-29(20-23)26-8-3-5-11-32(26)39(34)24-14-17-35-30(21-24)27-9-6-18-37-36(27)40-35;1-21-15-17-30-26(19-21)24-11-5-8-14-29(24)33(30)23-16-18-31-27(20-23)25-12-6-7-13-28(25)32(31)22-9-3-2-4-10-22;1-14-8-9-18-16(13-14)15-5-2-3-6-17(15)26(18)19-10-12-25-22-21-20(27-23(19)22)7-4-11-24-21/h2-22H,1H3;2-21H,1H3;2-20H,1H3;2-13H,1H3. The lowest BCUT2D eigenvalue weighted by Crippen LogP contribution is -1.95. The molecule has 13 nitrogen and oxygen atoms in total. The maximum absolute atomic E-state index is 6.18. The highest BCUT2D eigenvalue weighted by Gasteiger charge is 2.25. The molecule has 0 radical (unpaired) electrons. The minimum absolute atomic E-state index is 0.669. The van der Waals surface area contributed by atoms with E-state index in [0.29, 0.717) is 5.71 Å². The summed E-state index contributed by atoms with van der Waals surface area (Å²) in [6.45, 7) is 8.61. The SMILES string of the molecule is Cc1ccc2c(c1)c1ccccc1n2-c1ccc2c(c1)c1ccccc1n2-c1ccc2oc3ccccc3c2c1.Cc1ccc2c(c1)c1ccccc1n2-c1ccc2c(c1)c1ccccc1n2-c1ccc2oc3ncccc3c2c1.Cc1ccc2c(c1)c1ccccc1n2-c1ccc2c(c1)c1ccccc1n2-c1ccccc1.Cc1ccc2c(c1)c1ccccc1n2-c1ccnc2c1oc1cccnc12. The number of benzene rings is 18. The molecule has 0 saturated carbocycles. The van der Waals surface area contributed by atoms with E-state index in [9.17, 15) is 0 Å². The number of furan rings is 3. The van der Waals surface area contributed by atoms with Crippen molar-refractivity contribution in [3.63, 3.8) is 0 Å². The summed E-state index contributed by atoms with van der Waals surface area (Å²) in [5.41, 5.74) is 36.3. The van der Waals surface area contributed by atoms with Crippen LogP contribution in [0.15, 0.2) is 450 Å². The first-order chi connectivity index (χ1) is 69.1. The molecule has 0 atom stereocenters. The summed E-state index contributed by atoms with van der Waals surface area (Å²) < 4.78 is 34.9. The van der Waals surface area contributed by atoms with Crippen molar-refractivity contribution in [3.05, 3.63) is 459 Å². The van der Waals surface area contributed by atoms with Gasteiger partial charge in [-0.15, -0.1) is 0 Å². The second-order valence-corrected chi connectivity index (χ2v) is 36.9. The predicted octanol–water partition coefficient (Wildman–Crippen LogP) is 33.5. The van der Waals surface area contributed by atoms with E-state index in [4.69, 9.17) is 13.3 Å². The van der Waals surface area contributed by atoms with E-state index in [1.54, 1.807) is 12.4 Å². The van der Waals surface area contributed by atoms with E-state index in [0.717, 1.165) is 94.3 Å². The minimum atomic E-state index is 0.669. The Morgan fingerprint density at radius 1 is 0.164 bits per heavy atom. The van der Waals surface area contributed by atoms with Crippen LogP contribution in [0, 0.1) is 27.7 Å². The molecule has 0 saturated heterocycles. The van der Waals surface area contributed by atoms with Gasteiger partial charge in [0.15, 0.2) is 11.2 Å². The quantitative estimate of drug-likeness (QED) is 0.157. The average Bonchev–Trinajstić information content (AvgIpc) is 1.58. The second-order valence-electron chi connectivity index (χ2n) is 36.9. The van der Waals surface area contributed by atoms with Gasteiger partial charge in [0.25, 0.3) is 0 Å². The highest BCUT2D eigenvalue weighted by atomic mass is 16.3. The van der Waals surface area contributed by atoms with Crippen LogP contribution in [-0.2, 0) is 0 Å². The van der Waals surface area contributed by atoms with Gasteiger partial charge < -0.3 is 45.2 Å². The number of fused-ring (bicyclic) bond motifs is 30. The van der Waals surface area contributed by atoms with Crippen molar-refractivity contribution in [2.75, 3.05) is 0 Å². The number of aryl methyl sites for hydroxylation is 4. The molecule has 0 spiro atoms. The summed E-state index contributed by atoms with van der Waals surface area (Å²) in [4.78, 5) is 13.4. The lowest BCUT2D eigenvalue weighted by Gasteiger charge is -2.10. The van der Waals surface area contributed by atoms with Gasteiger partial charge >= 0.3 is 0 Å². The van der Waals surface area contributed by atoms with Crippen molar-refractivity contribution < 1.29 is 13.3 Å². The van der Waals surface area contributed by atoms with E-state index in [2.05, 4.69) is 457 Å². The van der Waals surface area contributed by atoms with Gasteiger partial charge in [0.05, 0.1) is 82.9 Å². The zero-order valence-corrected chi connectivity index (χ0v) is 76.8. The van der Waals surface area contributed by atoms with E-state index in [1.165, 1.54) is 181 Å². The number of hydrogen-bond donors (Lipinski definition) is 0. The van der Waals surface area contributed by atoms with Crippen LogP contribution in [0.5, 0.6) is 0 Å². The lowest BCUT2D eigenvalue weighted by molar-refractivity contribution is 0.654. The summed E-state index contributed by atoms with van der Waals surface area (Å²) in [5, 5.41) is 22.1. The highest BCUT2D eigenvalue weighted by molar-refractivity contribution is 6.19. The summed E-state index contributed by atoms with van der Waals surface area (Å²) in [6, 6.07) is 150. The van der Waals surface area contributed by atoms with Crippen LogP contribution < -0.4 is 0 Å². The third-order valence-corrected chi connectivity index (χ3v) is 28.5. The Kier molecular flexibility index (Phi) is 18.0. The number of para-hydroxylation sites is 9. The average molecular weight is 1800 g/mol. The van der Waals surface area contributed by atoms with Gasteiger partial charge in [-0.3, -0.25) is 9.97 Å². The summed E-state index contributed by atoms with van der Waals surface area (Å²) in [6.07, 6.45) is 5.37. The molecule has 0 aliphatic rings. The molecule has 18 aromatic carbocycles. The number of aromatic nitrogens is 10. The molecular weight excluding hydrogens is 1710 g/mol. The topological polar surface area (TPSA) is 113 Å². The largest absolute Gasteiger partial charge is 0.456 e. The van der Waals surface area contributed by atoms with Crippen LogP contribution in [0.25, 0.3) is 259 Å². The molecular formula is C127H84N10O3. The maximum atomic E-state index is 6.18. The fourth-order valence-corrected chi connectivity index (χ4v) is 22.4. The maximum Gasteiger partial charge on any atom is 0.227 e. The molecule has 0 amide bonds. The minimum Gasteiger partial charge on any atom is -0.456 e. The zero-order chi connectivity index (χ0) is 92.6. The molecule has 0 aliphatic heterocycles. The van der Waals surface area contributed by atoms with Crippen molar-refractivity contribution in [1.29, 1.82) is 0 Å². The Balaban J connectivity index is 0.0000000926. The zero-order valence-electron chi connectivity index (χ0n) is 76.8. The molecule has 31 aromatic rings. The van der Waals surface area contributed by atoms with Gasteiger partial charge in [-0.2, -0.15) is 0 Å². The van der Waals surface area contributed by atoms with Crippen molar-refractivity contribution in [1.82, 2.24) is 46.9 Å². The van der Waals surface area contributed by atoms with E-state index in [-0.39, 0.29) is 0 Å². The molecule has 13 heteroatoms. The third-order valence-electron chi connectivity index (χ3n) is 28.5. The van der Waals surface area contributed by atoms with Gasteiger partial charge in [-0.25, -0.2) is 4.98 Å².